The van der Waals surface area contributed by atoms with Gasteiger partial charge in [0, 0.05) is 0 Å². The molecular weight excluding hydrogens is 360 g/mol. The highest BCUT2D eigenvalue weighted by atomic mass is 14.1. The van der Waals surface area contributed by atoms with Crippen LogP contribution >= 0.6 is 0 Å². The lowest BCUT2D eigenvalue weighted by Gasteiger charge is -2.11. The van der Waals surface area contributed by atoms with Gasteiger partial charge >= 0.3 is 0 Å². The van der Waals surface area contributed by atoms with E-state index in [9.17, 15) is 0 Å². The smallest absolute Gasteiger partial charge is 0.0105 e. The maximum atomic E-state index is 2.29. The largest absolute Gasteiger partial charge is 0.0622 e. The molecule has 0 heterocycles. The van der Waals surface area contributed by atoms with Crippen molar-refractivity contribution in [3.05, 3.63) is 144 Å². The zero-order chi connectivity index (χ0) is 20.2. The molecule has 0 spiro atoms. The first-order chi connectivity index (χ1) is 14.9. The van der Waals surface area contributed by atoms with Gasteiger partial charge in [-0.25, -0.2) is 0 Å². The van der Waals surface area contributed by atoms with E-state index in [2.05, 4.69) is 133 Å². The fourth-order valence-electron chi connectivity index (χ4n) is 4.01. The zero-order valence-electron chi connectivity index (χ0n) is 16.7. The molecule has 0 amide bonds. The highest BCUT2D eigenvalue weighted by Crippen LogP contribution is 2.31. The summed E-state index contributed by atoms with van der Waals surface area (Å²) in [6.07, 6.45) is 2.29. The fourth-order valence-corrected chi connectivity index (χ4v) is 4.01. The van der Waals surface area contributed by atoms with E-state index in [-0.39, 0.29) is 0 Å². The lowest BCUT2D eigenvalue weighted by molar-refractivity contribution is 1.55. The summed E-state index contributed by atoms with van der Waals surface area (Å²) in [5, 5.41) is 2.55. The van der Waals surface area contributed by atoms with Gasteiger partial charge in [0.25, 0.3) is 0 Å². The first kappa shape index (κ1) is 18.1. The third kappa shape index (κ3) is 3.68. The van der Waals surface area contributed by atoms with Crippen molar-refractivity contribution >= 4 is 22.4 Å². The van der Waals surface area contributed by atoms with Gasteiger partial charge in [0.2, 0.25) is 0 Å². The molecule has 0 saturated carbocycles. The van der Waals surface area contributed by atoms with Crippen LogP contribution in [0.25, 0.3) is 33.5 Å². The van der Waals surface area contributed by atoms with Crippen LogP contribution in [0.15, 0.2) is 127 Å². The molecule has 0 radical (unpaired) electrons. The molecule has 0 aliphatic carbocycles. The van der Waals surface area contributed by atoms with Crippen molar-refractivity contribution in [2.75, 3.05) is 0 Å². The van der Waals surface area contributed by atoms with Crippen molar-refractivity contribution in [1.29, 1.82) is 0 Å². The molecule has 0 nitrogen and oxygen atoms in total. The molecule has 0 heteroatoms. The van der Waals surface area contributed by atoms with Crippen molar-refractivity contribution in [1.82, 2.24) is 0 Å². The Hall–Kier alpha value is -3.90. The van der Waals surface area contributed by atoms with Crippen LogP contribution in [-0.2, 0) is 0 Å². The van der Waals surface area contributed by atoms with Gasteiger partial charge in [0.05, 0.1) is 0 Å². The molecule has 5 rings (SSSR count). The van der Waals surface area contributed by atoms with Crippen molar-refractivity contribution < 1.29 is 0 Å². The topological polar surface area (TPSA) is 0 Å². The second kappa shape index (κ2) is 8.23. The summed E-state index contributed by atoms with van der Waals surface area (Å²) in [7, 11) is 0. The van der Waals surface area contributed by atoms with Gasteiger partial charge in [-0.15, -0.1) is 0 Å². The Balaban J connectivity index is 1.64. The highest BCUT2D eigenvalue weighted by Gasteiger charge is 2.07. The summed E-state index contributed by atoms with van der Waals surface area (Å²) in [5.74, 6) is 0. The van der Waals surface area contributed by atoms with E-state index in [0.29, 0.717) is 0 Å². The van der Waals surface area contributed by atoms with Crippen LogP contribution in [0.1, 0.15) is 16.7 Å². The first-order valence-electron chi connectivity index (χ1n) is 10.3. The average Bonchev–Trinajstić information content (AvgIpc) is 2.83. The van der Waals surface area contributed by atoms with Gasteiger partial charge in [0.1, 0.15) is 0 Å². The maximum absolute atomic E-state index is 2.29. The van der Waals surface area contributed by atoms with Crippen molar-refractivity contribution in [3.8, 4) is 11.1 Å². The van der Waals surface area contributed by atoms with Crippen molar-refractivity contribution in [2.24, 2.45) is 0 Å². The third-order valence-electron chi connectivity index (χ3n) is 5.47. The summed E-state index contributed by atoms with van der Waals surface area (Å²) in [6, 6.07) is 45.1. The standard InChI is InChI=1S/C30H22/c1-3-12-25(13-4-1)30(26-14-5-2-6-15-26)22-23-11-9-18-27(21-23)29-20-10-17-24-16-7-8-19-28(24)29/h1-22H. The van der Waals surface area contributed by atoms with E-state index in [4.69, 9.17) is 0 Å². The quantitative estimate of drug-likeness (QED) is 0.275. The van der Waals surface area contributed by atoms with E-state index < -0.39 is 0 Å². The van der Waals surface area contributed by atoms with Crippen LogP contribution in [0.3, 0.4) is 0 Å². The molecule has 0 bridgehead atoms. The lowest BCUT2D eigenvalue weighted by atomic mass is 9.93. The predicted octanol–water partition coefficient (Wildman–Crippen LogP) is 8.10. The Bertz CT molecular complexity index is 1270. The minimum atomic E-state index is 1.20. The maximum Gasteiger partial charge on any atom is -0.0105 e. The van der Waals surface area contributed by atoms with Gasteiger partial charge in [-0.3, -0.25) is 0 Å². The lowest BCUT2D eigenvalue weighted by Crippen LogP contribution is -1.88. The number of benzene rings is 5. The number of rotatable bonds is 4. The van der Waals surface area contributed by atoms with Crippen molar-refractivity contribution in [2.45, 2.75) is 0 Å². The van der Waals surface area contributed by atoms with Crippen LogP contribution in [0, 0.1) is 0 Å². The minimum Gasteiger partial charge on any atom is -0.0622 e. The Morgan fingerprint density at radius 1 is 0.500 bits per heavy atom. The summed E-state index contributed by atoms with van der Waals surface area (Å²) in [5.41, 5.74) is 7.37. The molecule has 0 atom stereocenters. The van der Waals surface area contributed by atoms with Crippen LogP contribution in [-0.4, -0.2) is 0 Å². The van der Waals surface area contributed by atoms with Crippen LogP contribution in [0.5, 0.6) is 0 Å². The van der Waals surface area contributed by atoms with Gasteiger partial charge in [-0.2, -0.15) is 0 Å². The molecule has 30 heavy (non-hydrogen) atoms. The highest BCUT2D eigenvalue weighted by molar-refractivity contribution is 5.97. The van der Waals surface area contributed by atoms with E-state index in [1.165, 1.54) is 44.2 Å². The molecule has 0 aliphatic heterocycles. The molecule has 0 aromatic heterocycles. The summed E-state index contributed by atoms with van der Waals surface area (Å²) >= 11 is 0. The Morgan fingerprint density at radius 2 is 1.10 bits per heavy atom. The second-order valence-corrected chi connectivity index (χ2v) is 7.44. The van der Waals surface area contributed by atoms with Gasteiger partial charge in [0.15, 0.2) is 0 Å². The number of hydrogen-bond acceptors (Lipinski definition) is 0. The summed E-state index contributed by atoms with van der Waals surface area (Å²) < 4.78 is 0. The predicted molar refractivity (Wildman–Crippen MR) is 129 cm³/mol. The van der Waals surface area contributed by atoms with E-state index >= 15 is 0 Å². The first-order valence-corrected chi connectivity index (χ1v) is 10.3. The molecule has 5 aromatic rings. The molecule has 0 N–H and O–H groups in total. The fraction of sp³-hybridized carbons (Fsp3) is 0. The normalized spacial score (nSPS) is 10.7. The summed E-state index contributed by atoms with van der Waals surface area (Å²) in [4.78, 5) is 0. The van der Waals surface area contributed by atoms with Gasteiger partial charge < -0.3 is 0 Å². The molecule has 0 aliphatic rings. The van der Waals surface area contributed by atoms with E-state index in [1.807, 2.05) is 0 Å². The van der Waals surface area contributed by atoms with Crippen LogP contribution in [0.4, 0.5) is 0 Å². The molecular formula is C30H22. The molecule has 5 aromatic carbocycles. The minimum absolute atomic E-state index is 1.20. The van der Waals surface area contributed by atoms with Gasteiger partial charge in [-0.05, 0) is 56.3 Å². The number of hydrogen-bond donors (Lipinski definition) is 0. The summed E-state index contributed by atoms with van der Waals surface area (Å²) in [6.45, 7) is 0. The Morgan fingerprint density at radius 3 is 1.83 bits per heavy atom. The van der Waals surface area contributed by atoms with Crippen molar-refractivity contribution in [3.63, 3.8) is 0 Å². The molecule has 142 valence electrons. The third-order valence-corrected chi connectivity index (χ3v) is 5.47. The molecule has 0 unspecified atom stereocenters. The monoisotopic (exact) mass is 382 g/mol. The number of fused-ring (bicyclic) bond motifs is 1. The van der Waals surface area contributed by atoms with Gasteiger partial charge in [-0.1, -0.05) is 121 Å². The Labute approximate surface area is 177 Å². The Kier molecular flexibility index (Phi) is 4.98. The average molecular weight is 383 g/mol. The molecule has 0 fully saturated rings. The van der Waals surface area contributed by atoms with E-state index in [1.54, 1.807) is 0 Å². The second-order valence-electron chi connectivity index (χ2n) is 7.44. The van der Waals surface area contributed by atoms with Crippen LogP contribution < -0.4 is 0 Å². The zero-order valence-corrected chi connectivity index (χ0v) is 16.7. The van der Waals surface area contributed by atoms with Crippen LogP contribution in [0.2, 0.25) is 0 Å². The van der Waals surface area contributed by atoms with E-state index in [0.717, 1.165) is 0 Å². The molecule has 0 saturated heterocycles. The SMILES string of the molecule is C(=C(c1ccccc1)c1ccccc1)c1cccc(-c2cccc3ccccc23)c1.